The monoisotopic (exact) mass is 75.0 g/mol. The number of hydrogen-bond acceptors (Lipinski definition) is 1. The average molecular weight is 75.1 g/mol. The summed E-state index contributed by atoms with van der Waals surface area (Å²) in [5, 5.41) is 6.46. The summed E-state index contributed by atoms with van der Waals surface area (Å²) in [6.07, 6.45) is 0. The zero-order valence-electron chi connectivity index (χ0n) is 2.58. The molecule has 0 saturated carbocycles. The fraction of sp³-hybridized carbons (Fsp3) is 0.500. The maximum atomic E-state index is 6.46. The molecule has 0 saturated heterocycles. The van der Waals surface area contributed by atoms with Crippen molar-refractivity contribution in [2.45, 2.75) is 6.92 Å². The Balaban J connectivity index is 2.80. The number of rotatable bonds is 0. The summed E-state index contributed by atoms with van der Waals surface area (Å²) in [6, 6.07) is 0. The first-order valence-corrected chi connectivity index (χ1v) is 1.62. The fourth-order valence-electron chi connectivity index (χ4n) is 0. The third-order valence-electron chi connectivity index (χ3n) is 0. The minimum Gasteiger partial charge on any atom is -0.306 e. The van der Waals surface area contributed by atoms with Crippen molar-refractivity contribution in [1.82, 2.24) is 0 Å². The quantitative estimate of drug-likeness (QED) is 0.326. The molecule has 0 fully saturated rings. The van der Waals surface area contributed by atoms with E-state index in [9.17, 15) is 0 Å². The molecule has 1 nitrogen and oxygen atoms in total. The molecule has 1 N–H and O–H groups in total. The zero-order chi connectivity index (χ0) is 3.58. The second kappa shape index (κ2) is 1.42. The van der Waals surface area contributed by atoms with Crippen molar-refractivity contribution in [2.24, 2.45) is 0 Å². The van der Waals surface area contributed by atoms with E-state index in [0.717, 1.165) is 0 Å². The van der Waals surface area contributed by atoms with Crippen molar-refractivity contribution in [3.63, 3.8) is 0 Å². The smallest absolute Gasteiger partial charge is 0.0226 e. The van der Waals surface area contributed by atoms with Crippen LogP contribution in [-0.2, 0) is 0 Å². The van der Waals surface area contributed by atoms with Crippen molar-refractivity contribution < 1.29 is 0 Å². The zero-order valence-corrected chi connectivity index (χ0v) is 3.73. The number of nitrogens with one attached hydrogen (secondary N) is 1. The van der Waals surface area contributed by atoms with Gasteiger partial charge >= 0.3 is 0 Å². The highest BCUT2D eigenvalue weighted by Gasteiger charge is 1.54. The van der Waals surface area contributed by atoms with Gasteiger partial charge in [-0.25, -0.2) is 0 Å². The largest absolute Gasteiger partial charge is 0.306 e. The molecule has 0 radical (unpaired) electrons. The van der Waals surface area contributed by atoms with E-state index in [2.05, 4.69) is 9.24 Å². The Morgan fingerprint density at radius 1 is 2.00 bits per heavy atom. The van der Waals surface area contributed by atoms with Gasteiger partial charge in [-0.2, -0.15) is 0 Å². The lowest BCUT2D eigenvalue weighted by Gasteiger charge is -1.63. The van der Waals surface area contributed by atoms with Crippen LogP contribution in [0, 0.1) is 5.41 Å². The molecule has 0 aliphatic heterocycles. The number of hydrogen-bond donors (Lipinski definition) is 1. The highest BCUT2D eigenvalue weighted by Crippen LogP contribution is 1.76. The van der Waals surface area contributed by atoms with Crippen molar-refractivity contribution in [3.8, 4) is 0 Å². The molecule has 0 rings (SSSR count). The van der Waals surface area contributed by atoms with E-state index < -0.39 is 0 Å². The third-order valence-corrected chi connectivity index (χ3v) is 0. The minimum absolute atomic E-state index is 0.583. The molecular formula is C2H6NP. The second-order valence-electron chi connectivity index (χ2n) is 0.683. The molecule has 1 atom stereocenters. The van der Waals surface area contributed by atoms with Gasteiger partial charge in [-0.15, -0.1) is 0 Å². The molecule has 0 aliphatic carbocycles. The summed E-state index contributed by atoms with van der Waals surface area (Å²) in [6.45, 7) is 1.71. The maximum Gasteiger partial charge on any atom is 0.0226 e. The fourth-order valence-corrected chi connectivity index (χ4v) is 0. The van der Waals surface area contributed by atoms with E-state index in [1.165, 1.54) is 0 Å². The topological polar surface area (TPSA) is 23.9 Å². The van der Waals surface area contributed by atoms with Crippen LogP contribution >= 0.6 is 9.24 Å². The molecule has 1 unspecified atom stereocenters. The second-order valence-corrected chi connectivity index (χ2v) is 1.55. The van der Waals surface area contributed by atoms with Gasteiger partial charge < -0.3 is 5.41 Å². The lowest BCUT2D eigenvalue weighted by Crippen LogP contribution is -1.57. The third kappa shape index (κ3) is 254. The Bertz CT molecular complexity index is 29.0. The highest BCUT2D eigenvalue weighted by molar-refractivity contribution is 7.40. The molecule has 4 heavy (non-hydrogen) atoms. The van der Waals surface area contributed by atoms with E-state index >= 15 is 0 Å². The molecule has 24 valence electrons. The molecule has 0 amide bonds. The van der Waals surface area contributed by atoms with Crippen LogP contribution in [0.5, 0.6) is 0 Å². The standard InChI is InChI=1S/C2H6NP/c1-2(3)4/h3H,4H2,1H3. The van der Waals surface area contributed by atoms with Crippen LogP contribution < -0.4 is 0 Å². The lowest BCUT2D eigenvalue weighted by molar-refractivity contribution is 1.54. The summed E-state index contributed by atoms with van der Waals surface area (Å²) in [4.78, 5) is 0. The molecule has 0 aromatic heterocycles. The molecule has 0 bridgehead atoms. The van der Waals surface area contributed by atoms with Gasteiger partial charge in [-0.3, -0.25) is 0 Å². The Labute approximate surface area is 28.1 Å². The maximum absolute atomic E-state index is 6.46. The summed E-state index contributed by atoms with van der Waals surface area (Å²) >= 11 is 0. The first-order valence-electron chi connectivity index (χ1n) is 1.04. The minimum atomic E-state index is 0.583. The lowest BCUT2D eigenvalue weighted by atomic mass is 10.9. The van der Waals surface area contributed by atoms with Crippen molar-refractivity contribution in [1.29, 1.82) is 5.41 Å². The SMILES string of the molecule is CC(=N)P. The van der Waals surface area contributed by atoms with Crippen LogP contribution in [0.25, 0.3) is 0 Å². The summed E-state index contributed by atoms with van der Waals surface area (Å²) in [5.74, 6) is 0. The summed E-state index contributed by atoms with van der Waals surface area (Å²) in [5.41, 5.74) is 0.583. The van der Waals surface area contributed by atoms with Crippen LogP contribution in [0.15, 0.2) is 0 Å². The summed E-state index contributed by atoms with van der Waals surface area (Å²) < 4.78 is 0. The van der Waals surface area contributed by atoms with E-state index in [1.54, 1.807) is 6.92 Å². The molecule has 0 heterocycles. The predicted molar refractivity (Wildman–Crippen MR) is 23.1 cm³/mol. The average Bonchev–Trinajstić information content (AvgIpc) is 0.811. The first kappa shape index (κ1) is 4.10. The van der Waals surface area contributed by atoms with Gasteiger partial charge in [0.15, 0.2) is 0 Å². The van der Waals surface area contributed by atoms with Gasteiger partial charge in [0, 0.05) is 5.45 Å². The summed E-state index contributed by atoms with van der Waals surface area (Å²) in [7, 11) is 2.24. The van der Waals surface area contributed by atoms with Crippen LogP contribution in [-0.4, -0.2) is 5.45 Å². The van der Waals surface area contributed by atoms with Crippen LogP contribution in [0.1, 0.15) is 6.92 Å². The molecular weight excluding hydrogens is 69.0 g/mol. The highest BCUT2D eigenvalue weighted by atomic mass is 31.0. The van der Waals surface area contributed by atoms with Gasteiger partial charge in [0.05, 0.1) is 0 Å². The van der Waals surface area contributed by atoms with Gasteiger partial charge in [0.25, 0.3) is 0 Å². The predicted octanol–water partition coefficient (Wildman–Crippen LogP) is 0.859. The Morgan fingerprint density at radius 2 is 2.00 bits per heavy atom. The molecule has 2 heteroatoms. The van der Waals surface area contributed by atoms with Crippen LogP contribution in [0.4, 0.5) is 0 Å². The van der Waals surface area contributed by atoms with Gasteiger partial charge in [0.2, 0.25) is 0 Å². The van der Waals surface area contributed by atoms with Crippen molar-refractivity contribution in [2.75, 3.05) is 0 Å². The Morgan fingerprint density at radius 3 is 2.00 bits per heavy atom. The van der Waals surface area contributed by atoms with Crippen molar-refractivity contribution in [3.05, 3.63) is 0 Å². The van der Waals surface area contributed by atoms with Gasteiger partial charge in [-0.1, -0.05) is 9.24 Å². The Kier molecular flexibility index (Phi) is 1.46. The van der Waals surface area contributed by atoms with Gasteiger partial charge in [0.1, 0.15) is 0 Å². The molecule has 0 aromatic rings. The molecule has 0 aromatic carbocycles. The van der Waals surface area contributed by atoms with E-state index in [4.69, 9.17) is 5.41 Å². The Hall–Kier alpha value is 0.100. The normalized spacial score (nSPS) is 6.50. The van der Waals surface area contributed by atoms with E-state index in [1.807, 2.05) is 0 Å². The van der Waals surface area contributed by atoms with Crippen molar-refractivity contribution >= 4 is 14.7 Å². The molecule has 0 spiro atoms. The van der Waals surface area contributed by atoms with E-state index in [0.29, 0.717) is 5.45 Å². The van der Waals surface area contributed by atoms with Crippen LogP contribution in [0.2, 0.25) is 0 Å². The van der Waals surface area contributed by atoms with Gasteiger partial charge in [-0.05, 0) is 6.92 Å². The van der Waals surface area contributed by atoms with Crippen LogP contribution in [0.3, 0.4) is 0 Å². The first-order chi connectivity index (χ1) is 1.73. The van der Waals surface area contributed by atoms with E-state index in [-0.39, 0.29) is 0 Å². The molecule has 0 aliphatic rings.